The van der Waals surface area contributed by atoms with Crippen LogP contribution in [0.15, 0.2) is 36.4 Å². The number of carbonyl (C=O) groups is 1. The van der Waals surface area contributed by atoms with Gasteiger partial charge in [-0.25, -0.2) is 9.78 Å². The molecule has 6 heteroatoms. The highest BCUT2D eigenvalue weighted by atomic mass is 16.6. The van der Waals surface area contributed by atoms with Crippen LogP contribution in [0.25, 0.3) is 0 Å². The van der Waals surface area contributed by atoms with Crippen molar-refractivity contribution in [1.82, 2.24) is 4.98 Å². The largest absolute Gasteiger partial charge is 0.497 e. The topological polar surface area (TPSA) is 71.9 Å². The van der Waals surface area contributed by atoms with E-state index >= 15 is 0 Å². The van der Waals surface area contributed by atoms with Gasteiger partial charge in [-0.2, -0.15) is 0 Å². The Kier molecular flexibility index (Phi) is 6.21. The number of hydrogen-bond donors (Lipinski definition) is 1. The second-order valence-electron chi connectivity index (χ2n) is 7.05. The van der Waals surface area contributed by atoms with Crippen LogP contribution in [0.1, 0.15) is 37.6 Å². The highest BCUT2D eigenvalue weighted by molar-refractivity contribution is 5.86. The van der Waals surface area contributed by atoms with E-state index in [-0.39, 0.29) is 6.61 Å². The molecule has 1 aromatic carbocycles. The van der Waals surface area contributed by atoms with E-state index in [2.05, 4.69) is 4.98 Å². The summed E-state index contributed by atoms with van der Waals surface area (Å²) in [7, 11) is 1.61. The van der Waals surface area contributed by atoms with Gasteiger partial charge in [0.1, 0.15) is 17.2 Å². The van der Waals surface area contributed by atoms with Crippen molar-refractivity contribution in [1.29, 1.82) is 0 Å². The summed E-state index contributed by atoms with van der Waals surface area (Å²) in [6, 6.07) is 10.9. The normalized spacial score (nSPS) is 11.2. The molecule has 1 heterocycles. The summed E-state index contributed by atoms with van der Waals surface area (Å²) in [6.07, 6.45) is -0.490. The molecule has 2 aromatic rings. The van der Waals surface area contributed by atoms with Gasteiger partial charge in [-0.3, -0.25) is 4.90 Å². The molecule has 0 unspecified atom stereocenters. The van der Waals surface area contributed by atoms with Crippen LogP contribution in [0.2, 0.25) is 0 Å². The third-order valence-electron chi connectivity index (χ3n) is 3.57. The summed E-state index contributed by atoms with van der Waals surface area (Å²) >= 11 is 0. The average Bonchev–Trinajstić information content (AvgIpc) is 2.58. The van der Waals surface area contributed by atoms with Gasteiger partial charge in [-0.15, -0.1) is 0 Å². The average molecular weight is 358 g/mol. The van der Waals surface area contributed by atoms with Gasteiger partial charge >= 0.3 is 6.09 Å². The summed E-state index contributed by atoms with van der Waals surface area (Å²) < 4.78 is 10.7. The predicted octanol–water partition coefficient (Wildman–Crippen LogP) is 3.83. The number of hydrogen-bond acceptors (Lipinski definition) is 5. The van der Waals surface area contributed by atoms with Gasteiger partial charge in [0.05, 0.1) is 20.3 Å². The number of benzene rings is 1. The van der Waals surface area contributed by atoms with Crippen molar-refractivity contribution in [3.05, 3.63) is 53.2 Å². The Balaban J connectivity index is 2.37. The maximum Gasteiger partial charge on any atom is 0.416 e. The number of aliphatic hydroxyl groups excluding tert-OH is 1. The van der Waals surface area contributed by atoms with Gasteiger partial charge in [-0.1, -0.05) is 12.1 Å². The summed E-state index contributed by atoms with van der Waals surface area (Å²) in [5, 5.41) is 9.46. The fraction of sp³-hybridized carbons (Fsp3) is 0.400. The Morgan fingerprint density at radius 2 is 1.81 bits per heavy atom. The van der Waals surface area contributed by atoms with Crippen LogP contribution >= 0.6 is 0 Å². The number of aryl methyl sites for hydroxylation is 1. The molecule has 0 saturated heterocycles. The molecular formula is C20H26N2O4. The molecule has 140 valence electrons. The van der Waals surface area contributed by atoms with Crippen LogP contribution in [0.5, 0.6) is 5.75 Å². The Morgan fingerprint density at radius 1 is 1.15 bits per heavy atom. The molecule has 6 nitrogen and oxygen atoms in total. The molecule has 0 atom stereocenters. The molecule has 0 fully saturated rings. The second-order valence-corrected chi connectivity index (χ2v) is 7.05. The van der Waals surface area contributed by atoms with Crippen LogP contribution in [0.3, 0.4) is 0 Å². The summed E-state index contributed by atoms with van der Waals surface area (Å²) in [4.78, 5) is 18.7. The number of amides is 1. The molecule has 0 bridgehead atoms. The first-order chi connectivity index (χ1) is 12.2. The molecule has 0 radical (unpaired) electrons. The maximum absolute atomic E-state index is 12.8. The number of rotatable bonds is 5. The third kappa shape index (κ3) is 5.46. The standard InChI is InChI=1S/C20H26N2O4/c1-14-10-16(13-23)11-18(21-14)22(19(24)26-20(2,3)4)12-15-6-8-17(25-5)9-7-15/h6-11,23H,12-13H2,1-5H3. The third-order valence-corrected chi connectivity index (χ3v) is 3.57. The Bertz CT molecular complexity index is 751. The summed E-state index contributed by atoms with van der Waals surface area (Å²) in [5.41, 5.74) is 1.69. The number of carbonyl (C=O) groups excluding carboxylic acids is 1. The van der Waals surface area contributed by atoms with Crippen molar-refractivity contribution < 1.29 is 19.4 Å². The molecular weight excluding hydrogens is 332 g/mol. The lowest BCUT2D eigenvalue weighted by Crippen LogP contribution is -2.37. The smallest absolute Gasteiger partial charge is 0.416 e. The van der Waals surface area contributed by atoms with Gasteiger partial charge in [-0.05, 0) is 63.1 Å². The van der Waals surface area contributed by atoms with Crippen molar-refractivity contribution in [3.8, 4) is 5.75 Å². The molecule has 1 aromatic heterocycles. The van der Waals surface area contributed by atoms with E-state index < -0.39 is 11.7 Å². The second kappa shape index (κ2) is 8.19. The SMILES string of the molecule is COc1ccc(CN(C(=O)OC(C)(C)C)c2cc(CO)cc(C)n2)cc1. The van der Waals surface area contributed by atoms with Crippen LogP contribution in [0.4, 0.5) is 10.6 Å². The minimum atomic E-state index is -0.626. The van der Waals surface area contributed by atoms with E-state index in [9.17, 15) is 9.90 Å². The van der Waals surface area contributed by atoms with Gasteiger partial charge in [0.25, 0.3) is 0 Å². The lowest BCUT2D eigenvalue weighted by Gasteiger charge is -2.27. The van der Waals surface area contributed by atoms with Gasteiger partial charge in [0, 0.05) is 5.69 Å². The first-order valence-corrected chi connectivity index (χ1v) is 8.43. The first-order valence-electron chi connectivity index (χ1n) is 8.43. The van der Waals surface area contributed by atoms with E-state index in [1.807, 2.05) is 52.0 Å². The van der Waals surface area contributed by atoms with Crippen molar-refractivity contribution in [2.75, 3.05) is 12.0 Å². The number of anilines is 1. The predicted molar refractivity (Wildman–Crippen MR) is 100 cm³/mol. The van der Waals surface area contributed by atoms with Gasteiger partial charge < -0.3 is 14.6 Å². The van der Waals surface area contributed by atoms with E-state index in [4.69, 9.17) is 9.47 Å². The van der Waals surface area contributed by atoms with Crippen molar-refractivity contribution in [2.24, 2.45) is 0 Å². The number of nitrogens with zero attached hydrogens (tertiary/aromatic N) is 2. The van der Waals surface area contributed by atoms with E-state index in [1.54, 1.807) is 19.2 Å². The monoisotopic (exact) mass is 358 g/mol. The molecule has 0 spiro atoms. The first kappa shape index (κ1) is 19.7. The molecule has 0 saturated carbocycles. The summed E-state index contributed by atoms with van der Waals surface area (Å²) in [5.74, 6) is 1.19. The van der Waals surface area contributed by atoms with Crippen molar-refractivity contribution in [2.45, 2.75) is 46.4 Å². The van der Waals surface area contributed by atoms with Crippen LogP contribution in [-0.2, 0) is 17.9 Å². The lowest BCUT2D eigenvalue weighted by molar-refractivity contribution is 0.0576. The Morgan fingerprint density at radius 3 is 2.35 bits per heavy atom. The number of ether oxygens (including phenoxy) is 2. The molecule has 26 heavy (non-hydrogen) atoms. The van der Waals surface area contributed by atoms with E-state index in [0.29, 0.717) is 17.9 Å². The van der Waals surface area contributed by atoms with Crippen molar-refractivity contribution >= 4 is 11.9 Å². The molecule has 0 aliphatic rings. The van der Waals surface area contributed by atoms with Gasteiger partial charge in [0.2, 0.25) is 0 Å². The zero-order chi connectivity index (χ0) is 19.3. The molecule has 0 aliphatic carbocycles. The molecule has 1 amide bonds. The number of aliphatic hydroxyl groups is 1. The number of aromatic nitrogens is 1. The number of pyridine rings is 1. The van der Waals surface area contributed by atoms with E-state index in [0.717, 1.165) is 17.0 Å². The maximum atomic E-state index is 12.8. The van der Waals surface area contributed by atoms with Crippen molar-refractivity contribution in [3.63, 3.8) is 0 Å². The lowest BCUT2D eigenvalue weighted by atomic mass is 10.2. The molecule has 1 N–H and O–H groups in total. The summed E-state index contributed by atoms with van der Waals surface area (Å²) in [6.45, 7) is 7.45. The van der Waals surface area contributed by atoms with Crippen LogP contribution in [0, 0.1) is 6.92 Å². The minimum absolute atomic E-state index is 0.124. The van der Waals surface area contributed by atoms with Crippen LogP contribution < -0.4 is 9.64 Å². The Labute approximate surface area is 154 Å². The van der Waals surface area contributed by atoms with Crippen LogP contribution in [-0.4, -0.2) is 28.9 Å². The van der Waals surface area contributed by atoms with Gasteiger partial charge in [0.15, 0.2) is 0 Å². The molecule has 2 rings (SSSR count). The number of methoxy groups -OCH3 is 1. The Hall–Kier alpha value is -2.60. The zero-order valence-corrected chi connectivity index (χ0v) is 15.9. The highest BCUT2D eigenvalue weighted by Crippen LogP contribution is 2.22. The minimum Gasteiger partial charge on any atom is -0.497 e. The highest BCUT2D eigenvalue weighted by Gasteiger charge is 2.25. The molecule has 0 aliphatic heterocycles. The zero-order valence-electron chi connectivity index (χ0n) is 15.9. The fourth-order valence-corrected chi connectivity index (χ4v) is 2.42. The van der Waals surface area contributed by atoms with E-state index in [1.165, 1.54) is 4.90 Å². The fourth-order valence-electron chi connectivity index (χ4n) is 2.42. The quantitative estimate of drug-likeness (QED) is 0.879.